The number of nitrogens with zero attached hydrogens (tertiary/aromatic N) is 2. The third kappa shape index (κ3) is 2.60. The number of aromatic nitrogens is 2. The van der Waals surface area contributed by atoms with Crippen LogP contribution in [0.3, 0.4) is 0 Å². The molecule has 0 aliphatic heterocycles. The first-order valence-electron chi connectivity index (χ1n) is 6.20. The highest BCUT2D eigenvalue weighted by Crippen LogP contribution is 2.40. The summed E-state index contributed by atoms with van der Waals surface area (Å²) < 4.78 is 5.15. The van der Waals surface area contributed by atoms with Crippen LogP contribution in [0.5, 0.6) is 0 Å². The lowest BCUT2D eigenvalue weighted by atomic mass is 10.0. The van der Waals surface area contributed by atoms with Gasteiger partial charge >= 0.3 is 0 Å². The number of pyridine rings is 1. The Morgan fingerprint density at radius 3 is 2.67 bits per heavy atom. The molecule has 0 bridgehead atoms. The van der Waals surface area contributed by atoms with Gasteiger partial charge in [0.2, 0.25) is 5.88 Å². The number of nitrogens with two attached hydrogens (primary N) is 1. The zero-order valence-electron chi connectivity index (χ0n) is 11.1. The second-order valence-electron chi connectivity index (χ2n) is 4.58. The fourth-order valence-corrected chi connectivity index (χ4v) is 2.65. The van der Waals surface area contributed by atoms with Gasteiger partial charge in [-0.15, -0.1) is 0 Å². The van der Waals surface area contributed by atoms with E-state index < -0.39 is 0 Å². The van der Waals surface area contributed by atoms with Crippen LogP contribution < -0.4 is 5.73 Å². The molecule has 0 fully saturated rings. The lowest BCUT2D eigenvalue weighted by Gasteiger charge is -2.06. The predicted molar refractivity (Wildman–Crippen MR) is 84.3 cm³/mol. The summed E-state index contributed by atoms with van der Waals surface area (Å²) >= 11 is 12.2. The molecule has 0 aliphatic rings. The molecule has 21 heavy (non-hydrogen) atoms. The highest BCUT2D eigenvalue weighted by atomic mass is 35.5. The summed E-state index contributed by atoms with van der Waals surface area (Å²) in [5, 5.41) is 5.09. The SMILES string of the molecule is Cc1cc(-c2noc(N)c2-c2ccc(Cl)cc2Cl)ccn1. The number of hydrogen-bond donors (Lipinski definition) is 1. The van der Waals surface area contributed by atoms with Crippen LogP contribution in [0.15, 0.2) is 41.1 Å². The lowest BCUT2D eigenvalue weighted by Crippen LogP contribution is -1.90. The number of anilines is 1. The fourth-order valence-electron chi connectivity index (χ4n) is 2.15. The smallest absolute Gasteiger partial charge is 0.230 e. The van der Waals surface area contributed by atoms with E-state index in [1.807, 2.05) is 19.1 Å². The second kappa shape index (κ2) is 5.39. The van der Waals surface area contributed by atoms with Crippen molar-refractivity contribution in [1.82, 2.24) is 10.1 Å². The molecule has 3 rings (SSSR count). The summed E-state index contributed by atoms with van der Waals surface area (Å²) in [4.78, 5) is 4.17. The summed E-state index contributed by atoms with van der Waals surface area (Å²) in [7, 11) is 0. The molecule has 1 aromatic carbocycles. The average molecular weight is 320 g/mol. The van der Waals surface area contributed by atoms with Gasteiger partial charge in [-0.1, -0.05) is 34.4 Å². The van der Waals surface area contributed by atoms with E-state index in [0.717, 1.165) is 16.8 Å². The van der Waals surface area contributed by atoms with E-state index in [-0.39, 0.29) is 5.88 Å². The van der Waals surface area contributed by atoms with Crippen LogP contribution in [0.25, 0.3) is 22.4 Å². The molecular formula is C15H11Cl2N3O. The molecule has 6 heteroatoms. The first-order chi connectivity index (χ1) is 10.1. The summed E-state index contributed by atoms with van der Waals surface area (Å²) in [6.45, 7) is 1.90. The van der Waals surface area contributed by atoms with E-state index in [9.17, 15) is 0 Å². The number of nitrogen functional groups attached to an aromatic ring is 1. The van der Waals surface area contributed by atoms with Gasteiger partial charge in [-0.05, 0) is 31.2 Å². The van der Waals surface area contributed by atoms with Crippen LogP contribution in [0.2, 0.25) is 10.0 Å². The largest absolute Gasteiger partial charge is 0.367 e. The van der Waals surface area contributed by atoms with E-state index in [1.165, 1.54) is 0 Å². The molecule has 3 aromatic rings. The van der Waals surface area contributed by atoms with Gasteiger partial charge in [-0.3, -0.25) is 4.98 Å². The summed E-state index contributed by atoms with van der Waals surface area (Å²) in [5.41, 5.74) is 9.67. The molecule has 0 amide bonds. The van der Waals surface area contributed by atoms with E-state index in [4.69, 9.17) is 33.5 Å². The van der Waals surface area contributed by atoms with Gasteiger partial charge in [0.15, 0.2) is 0 Å². The van der Waals surface area contributed by atoms with Crippen LogP contribution in [-0.4, -0.2) is 10.1 Å². The van der Waals surface area contributed by atoms with Crippen molar-refractivity contribution in [3.05, 3.63) is 52.3 Å². The van der Waals surface area contributed by atoms with Crippen molar-refractivity contribution >= 4 is 29.1 Å². The maximum Gasteiger partial charge on any atom is 0.230 e. The number of rotatable bonds is 2. The van der Waals surface area contributed by atoms with Crippen LogP contribution in [-0.2, 0) is 0 Å². The zero-order valence-corrected chi connectivity index (χ0v) is 12.6. The maximum atomic E-state index is 6.26. The first-order valence-corrected chi connectivity index (χ1v) is 6.95. The standard InChI is InChI=1S/C15H11Cl2N3O/c1-8-6-9(4-5-19-8)14-13(15(18)21-20-14)11-3-2-10(16)7-12(11)17/h2-7H,18H2,1H3. The molecule has 0 spiro atoms. The Balaban J connectivity index is 2.22. The maximum absolute atomic E-state index is 6.26. The van der Waals surface area contributed by atoms with Crippen LogP contribution >= 0.6 is 23.2 Å². The van der Waals surface area contributed by atoms with Gasteiger partial charge in [0.05, 0.1) is 10.6 Å². The lowest BCUT2D eigenvalue weighted by molar-refractivity contribution is 0.439. The highest BCUT2D eigenvalue weighted by molar-refractivity contribution is 6.36. The topological polar surface area (TPSA) is 64.9 Å². The van der Waals surface area contributed by atoms with Crippen molar-refractivity contribution in [2.24, 2.45) is 0 Å². The van der Waals surface area contributed by atoms with Crippen LogP contribution in [0.1, 0.15) is 5.69 Å². The minimum atomic E-state index is 0.212. The Bertz CT molecular complexity index is 814. The minimum absolute atomic E-state index is 0.212. The van der Waals surface area contributed by atoms with Gasteiger partial charge in [0.1, 0.15) is 5.69 Å². The summed E-state index contributed by atoms with van der Waals surface area (Å²) in [6, 6.07) is 8.95. The first kappa shape index (κ1) is 13.9. The third-order valence-electron chi connectivity index (χ3n) is 3.09. The Hall–Kier alpha value is -2.04. The minimum Gasteiger partial charge on any atom is -0.367 e. The molecule has 0 saturated carbocycles. The van der Waals surface area contributed by atoms with E-state index in [2.05, 4.69) is 10.1 Å². The molecule has 0 atom stereocenters. The van der Waals surface area contributed by atoms with Gasteiger partial charge in [0, 0.05) is 28.0 Å². The number of benzene rings is 1. The quantitative estimate of drug-likeness (QED) is 0.749. The molecule has 2 heterocycles. The molecule has 106 valence electrons. The summed E-state index contributed by atoms with van der Waals surface area (Å²) in [5.74, 6) is 0.212. The Morgan fingerprint density at radius 2 is 1.95 bits per heavy atom. The fraction of sp³-hybridized carbons (Fsp3) is 0.0667. The summed E-state index contributed by atoms with van der Waals surface area (Å²) in [6.07, 6.45) is 1.71. The van der Waals surface area contributed by atoms with E-state index >= 15 is 0 Å². The third-order valence-corrected chi connectivity index (χ3v) is 3.64. The van der Waals surface area contributed by atoms with Crippen molar-refractivity contribution in [3.63, 3.8) is 0 Å². The predicted octanol–water partition coefficient (Wildman–Crippen LogP) is 4.60. The Kier molecular flexibility index (Phi) is 3.57. The van der Waals surface area contributed by atoms with Crippen molar-refractivity contribution < 1.29 is 4.52 Å². The van der Waals surface area contributed by atoms with Crippen LogP contribution in [0, 0.1) is 6.92 Å². The molecule has 0 saturated heterocycles. The van der Waals surface area contributed by atoms with Gasteiger partial charge in [-0.25, -0.2) is 0 Å². The van der Waals surface area contributed by atoms with Crippen LogP contribution in [0.4, 0.5) is 5.88 Å². The molecule has 2 N–H and O–H groups in total. The monoisotopic (exact) mass is 319 g/mol. The van der Waals surface area contributed by atoms with Gasteiger partial charge < -0.3 is 10.3 Å². The van der Waals surface area contributed by atoms with Crippen molar-refractivity contribution in [2.75, 3.05) is 5.73 Å². The number of hydrogen-bond acceptors (Lipinski definition) is 4. The number of halogens is 2. The molecule has 0 unspecified atom stereocenters. The second-order valence-corrected chi connectivity index (χ2v) is 5.42. The Labute approximate surface area is 131 Å². The van der Waals surface area contributed by atoms with E-state index in [0.29, 0.717) is 21.3 Å². The Morgan fingerprint density at radius 1 is 1.14 bits per heavy atom. The average Bonchev–Trinajstić information content (AvgIpc) is 2.81. The zero-order chi connectivity index (χ0) is 15.0. The van der Waals surface area contributed by atoms with Crippen molar-refractivity contribution in [1.29, 1.82) is 0 Å². The van der Waals surface area contributed by atoms with Crippen molar-refractivity contribution in [2.45, 2.75) is 6.92 Å². The van der Waals surface area contributed by atoms with Crippen molar-refractivity contribution in [3.8, 4) is 22.4 Å². The van der Waals surface area contributed by atoms with Gasteiger partial charge in [-0.2, -0.15) is 0 Å². The number of aryl methyl sites for hydroxylation is 1. The molecule has 4 nitrogen and oxygen atoms in total. The molecular weight excluding hydrogens is 309 g/mol. The molecule has 0 aliphatic carbocycles. The van der Waals surface area contributed by atoms with Gasteiger partial charge in [0.25, 0.3) is 0 Å². The molecule has 0 radical (unpaired) electrons. The normalized spacial score (nSPS) is 10.8. The van der Waals surface area contributed by atoms with E-state index in [1.54, 1.807) is 24.4 Å². The highest BCUT2D eigenvalue weighted by Gasteiger charge is 2.19. The molecule has 2 aromatic heterocycles.